The minimum Gasteiger partial charge on any atom is -0.308 e. The van der Waals surface area contributed by atoms with Crippen LogP contribution in [0.3, 0.4) is 0 Å². The lowest BCUT2D eigenvalue weighted by molar-refractivity contribution is 0.0985. The average Bonchev–Trinajstić information content (AvgIpc) is 3.28. The molecule has 3 aromatic carbocycles. The first-order chi connectivity index (χ1) is 17.6. The van der Waals surface area contributed by atoms with Crippen LogP contribution in [0.4, 0.5) is 5.13 Å². The molecule has 7 nitrogen and oxygen atoms in total. The summed E-state index contributed by atoms with van der Waals surface area (Å²) in [4.78, 5) is 22.3. The van der Waals surface area contributed by atoms with Gasteiger partial charge in [0.25, 0.3) is 5.91 Å². The number of sulfonamides is 1. The molecule has 0 unspecified atom stereocenters. The summed E-state index contributed by atoms with van der Waals surface area (Å²) in [5.74, 6) is -0.211. The van der Waals surface area contributed by atoms with Gasteiger partial charge >= 0.3 is 0 Å². The number of carbonyl (C=O) groups excluding carboxylic acids is 1. The van der Waals surface area contributed by atoms with E-state index < -0.39 is 10.0 Å². The number of aryl methyl sites for hydroxylation is 2. The van der Waals surface area contributed by atoms with Crippen LogP contribution >= 0.6 is 11.3 Å². The minimum absolute atomic E-state index is 0.147. The largest absolute Gasteiger partial charge is 0.308 e. The highest BCUT2D eigenvalue weighted by Crippen LogP contribution is 2.32. The summed E-state index contributed by atoms with van der Waals surface area (Å²) in [6.07, 6.45) is 0. The third-order valence-corrected chi connectivity index (χ3v) is 8.97. The van der Waals surface area contributed by atoms with Crippen molar-refractivity contribution >= 4 is 42.6 Å². The van der Waals surface area contributed by atoms with E-state index in [1.165, 1.54) is 27.8 Å². The zero-order valence-electron chi connectivity index (χ0n) is 21.8. The summed E-state index contributed by atoms with van der Waals surface area (Å²) < 4.78 is 28.6. The molecule has 0 saturated carbocycles. The highest BCUT2D eigenvalue weighted by Gasteiger charge is 2.24. The Kier molecular flexibility index (Phi) is 8.08. The van der Waals surface area contributed by atoms with E-state index in [9.17, 15) is 13.2 Å². The Morgan fingerprint density at radius 3 is 2.24 bits per heavy atom. The van der Waals surface area contributed by atoms with Crippen LogP contribution in [0.5, 0.6) is 0 Å². The predicted molar refractivity (Wildman–Crippen MR) is 151 cm³/mol. The standard InChI is InChI=1S/C28H32N4O3S2/c1-20-17-21(2)26-25(18-20)36-28(29-26)32(16-15-30(3)4)27(33)23-11-13-24(14-12-23)37(34,35)31(5)19-22-9-7-6-8-10-22/h6-14,17-18H,15-16,19H2,1-5H3. The van der Waals surface area contributed by atoms with Crippen molar-refractivity contribution in [2.45, 2.75) is 25.3 Å². The zero-order chi connectivity index (χ0) is 26.7. The molecule has 4 rings (SSSR count). The van der Waals surface area contributed by atoms with Crippen LogP contribution in [0.2, 0.25) is 0 Å². The summed E-state index contributed by atoms with van der Waals surface area (Å²) in [6.45, 7) is 5.46. The second-order valence-electron chi connectivity index (χ2n) is 9.46. The number of nitrogens with zero attached hydrogens (tertiary/aromatic N) is 4. The molecule has 194 valence electrons. The van der Waals surface area contributed by atoms with E-state index in [4.69, 9.17) is 4.98 Å². The Labute approximate surface area is 223 Å². The quantitative estimate of drug-likeness (QED) is 0.303. The Morgan fingerprint density at radius 2 is 1.59 bits per heavy atom. The fraction of sp³-hybridized carbons (Fsp3) is 0.286. The molecule has 1 aromatic heterocycles. The molecule has 0 fully saturated rings. The van der Waals surface area contributed by atoms with E-state index >= 15 is 0 Å². The topological polar surface area (TPSA) is 73.8 Å². The smallest absolute Gasteiger partial charge is 0.260 e. The number of amides is 1. The Balaban J connectivity index is 1.60. The number of likely N-dealkylation sites (N-methyl/N-ethyl adjacent to an activating group) is 1. The molecule has 0 aliphatic heterocycles. The number of fused-ring (bicyclic) bond motifs is 1. The molecule has 0 atom stereocenters. The van der Waals surface area contributed by atoms with E-state index in [0.29, 0.717) is 23.8 Å². The first kappa shape index (κ1) is 26.9. The van der Waals surface area contributed by atoms with Gasteiger partial charge in [-0.15, -0.1) is 0 Å². The maximum Gasteiger partial charge on any atom is 0.260 e. The van der Waals surface area contributed by atoms with Gasteiger partial charge in [0.15, 0.2) is 5.13 Å². The van der Waals surface area contributed by atoms with E-state index in [1.807, 2.05) is 63.2 Å². The van der Waals surface area contributed by atoms with Crippen molar-refractivity contribution in [3.63, 3.8) is 0 Å². The number of anilines is 1. The number of carbonyl (C=O) groups is 1. The van der Waals surface area contributed by atoms with E-state index in [0.717, 1.165) is 26.9 Å². The van der Waals surface area contributed by atoms with Gasteiger partial charge in [0.1, 0.15) is 0 Å². The molecule has 0 aliphatic rings. The third kappa shape index (κ3) is 6.07. The SMILES string of the molecule is Cc1cc(C)c2nc(N(CCN(C)C)C(=O)c3ccc(S(=O)(=O)N(C)Cc4ccccc4)cc3)sc2c1. The number of benzene rings is 3. The Morgan fingerprint density at radius 1 is 0.919 bits per heavy atom. The molecule has 0 radical (unpaired) electrons. The summed E-state index contributed by atoms with van der Waals surface area (Å²) in [6, 6.07) is 19.8. The van der Waals surface area contributed by atoms with Gasteiger partial charge in [-0.25, -0.2) is 13.4 Å². The van der Waals surface area contributed by atoms with Gasteiger partial charge in [-0.05, 0) is 75.0 Å². The molecule has 4 aromatic rings. The molecule has 1 heterocycles. The molecule has 0 N–H and O–H groups in total. The normalized spacial score (nSPS) is 12.0. The number of hydrogen-bond donors (Lipinski definition) is 0. The lowest BCUT2D eigenvalue weighted by Crippen LogP contribution is -2.36. The van der Waals surface area contributed by atoms with Crippen LogP contribution in [0.15, 0.2) is 71.6 Å². The maximum absolute atomic E-state index is 13.6. The van der Waals surface area contributed by atoms with Gasteiger partial charge in [-0.3, -0.25) is 9.69 Å². The number of rotatable bonds is 9. The molecule has 0 saturated heterocycles. The minimum atomic E-state index is -3.71. The first-order valence-electron chi connectivity index (χ1n) is 12.0. The van der Waals surface area contributed by atoms with Crippen molar-refractivity contribution in [2.24, 2.45) is 0 Å². The molecule has 0 bridgehead atoms. The first-order valence-corrected chi connectivity index (χ1v) is 14.3. The van der Waals surface area contributed by atoms with Crippen LogP contribution in [-0.4, -0.2) is 62.7 Å². The molecular formula is C28H32N4O3S2. The Bertz CT molecular complexity index is 1500. The maximum atomic E-state index is 13.6. The summed E-state index contributed by atoms with van der Waals surface area (Å²) >= 11 is 1.49. The lowest BCUT2D eigenvalue weighted by atomic mass is 10.1. The van der Waals surface area contributed by atoms with Crippen LogP contribution in [0.1, 0.15) is 27.0 Å². The molecule has 0 aliphatic carbocycles. The van der Waals surface area contributed by atoms with Crippen LogP contribution in [0, 0.1) is 13.8 Å². The lowest BCUT2D eigenvalue weighted by Gasteiger charge is -2.22. The highest BCUT2D eigenvalue weighted by atomic mass is 32.2. The van der Waals surface area contributed by atoms with E-state index in [-0.39, 0.29) is 17.3 Å². The summed E-state index contributed by atoms with van der Waals surface area (Å²) in [7, 11) is 1.77. The number of aromatic nitrogens is 1. The van der Waals surface area contributed by atoms with Gasteiger partial charge < -0.3 is 4.90 Å². The van der Waals surface area contributed by atoms with Crippen molar-refractivity contribution in [3.05, 3.63) is 89.0 Å². The molecule has 9 heteroatoms. The Hall–Kier alpha value is -3.11. The second kappa shape index (κ2) is 11.1. The summed E-state index contributed by atoms with van der Waals surface area (Å²) in [5, 5.41) is 0.634. The van der Waals surface area contributed by atoms with E-state index in [2.05, 4.69) is 12.1 Å². The van der Waals surface area contributed by atoms with Gasteiger partial charge in [0.05, 0.1) is 15.1 Å². The molecule has 0 spiro atoms. The zero-order valence-corrected chi connectivity index (χ0v) is 23.4. The fourth-order valence-electron chi connectivity index (χ4n) is 4.09. The van der Waals surface area contributed by atoms with Crippen molar-refractivity contribution in [1.29, 1.82) is 0 Å². The number of thiazole rings is 1. The molecular weight excluding hydrogens is 504 g/mol. The number of hydrogen-bond acceptors (Lipinski definition) is 6. The predicted octanol–water partition coefficient (Wildman–Crippen LogP) is 4.94. The third-order valence-electron chi connectivity index (χ3n) is 6.12. The van der Waals surface area contributed by atoms with Crippen molar-refractivity contribution in [2.75, 3.05) is 39.1 Å². The summed E-state index contributed by atoms with van der Waals surface area (Å²) in [5.41, 5.74) is 4.44. The van der Waals surface area contributed by atoms with Crippen LogP contribution in [0.25, 0.3) is 10.2 Å². The monoisotopic (exact) mass is 536 g/mol. The van der Waals surface area contributed by atoms with Crippen molar-refractivity contribution in [1.82, 2.24) is 14.2 Å². The second-order valence-corrected chi connectivity index (χ2v) is 12.5. The van der Waals surface area contributed by atoms with Gasteiger partial charge in [-0.2, -0.15) is 4.31 Å². The van der Waals surface area contributed by atoms with Gasteiger partial charge in [0.2, 0.25) is 10.0 Å². The van der Waals surface area contributed by atoms with Gasteiger partial charge in [-0.1, -0.05) is 47.7 Å². The van der Waals surface area contributed by atoms with Crippen molar-refractivity contribution < 1.29 is 13.2 Å². The van der Waals surface area contributed by atoms with Crippen LogP contribution < -0.4 is 4.90 Å². The van der Waals surface area contributed by atoms with Gasteiger partial charge in [0, 0.05) is 32.2 Å². The fourth-order valence-corrected chi connectivity index (χ4v) is 6.41. The van der Waals surface area contributed by atoms with E-state index in [1.54, 1.807) is 24.1 Å². The van der Waals surface area contributed by atoms with Crippen molar-refractivity contribution in [3.8, 4) is 0 Å². The highest BCUT2D eigenvalue weighted by molar-refractivity contribution is 7.89. The molecule has 1 amide bonds. The average molecular weight is 537 g/mol. The van der Waals surface area contributed by atoms with Crippen LogP contribution in [-0.2, 0) is 16.6 Å². The molecule has 37 heavy (non-hydrogen) atoms.